The Morgan fingerprint density at radius 2 is 2.28 bits per heavy atom. The molecule has 1 fully saturated rings. The summed E-state index contributed by atoms with van der Waals surface area (Å²) < 4.78 is 1.83. The maximum absolute atomic E-state index is 12.7. The van der Waals surface area contributed by atoms with E-state index >= 15 is 0 Å². The number of nitrogens with zero attached hydrogens (tertiary/aromatic N) is 2. The second-order valence-corrected chi connectivity index (χ2v) is 6.83. The maximum atomic E-state index is 12.7. The molecule has 0 spiro atoms. The Balaban J connectivity index is 1.79. The number of hydrogen-bond donors (Lipinski definition) is 2. The van der Waals surface area contributed by atoms with Crippen molar-refractivity contribution in [2.45, 2.75) is 45.7 Å². The lowest BCUT2D eigenvalue weighted by Gasteiger charge is -2.10. The molecule has 3 aromatic rings. The van der Waals surface area contributed by atoms with E-state index in [1.165, 1.54) is 12.8 Å². The Kier molecular flexibility index (Phi) is 4.17. The predicted molar refractivity (Wildman–Crippen MR) is 103 cm³/mol. The van der Waals surface area contributed by atoms with Crippen molar-refractivity contribution >= 4 is 27.9 Å². The molecule has 1 atom stereocenters. The number of H-pyrrole nitrogens is 1. The lowest BCUT2D eigenvalue weighted by atomic mass is 10.1. The van der Waals surface area contributed by atoms with Crippen LogP contribution in [0.5, 0.6) is 0 Å². The number of pyridine rings is 1. The van der Waals surface area contributed by atoms with Crippen molar-refractivity contribution in [2.75, 3.05) is 6.54 Å². The van der Waals surface area contributed by atoms with Gasteiger partial charge in [0.2, 0.25) is 0 Å². The van der Waals surface area contributed by atoms with Crippen LogP contribution < -0.4 is 10.9 Å². The molecule has 3 heterocycles. The van der Waals surface area contributed by atoms with Crippen molar-refractivity contribution in [2.24, 2.45) is 0 Å². The van der Waals surface area contributed by atoms with Gasteiger partial charge < -0.3 is 9.88 Å². The largest absolute Gasteiger partial charge is 0.314 e. The molecule has 4 rings (SSSR count). The standard InChI is InChI=1S/C20H24N4O/c1-3-24-17-10-9-14(6-4-7-15-8-5-11-21-15)12-16(17)19-18(20(24)25)13(2)22-23-19/h4,6,9-10,12,15,21H,3,5,7-8,11H2,1-2H3,(H,22,23). The molecule has 1 aliphatic rings. The number of nitrogens with one attached hydrogen (secondary N) is 2. The predicted octanol–water partition coefficient (Wildman–Crippen LogP) is 3.36. The van der Waals surface area contributed by atoms with Gasteiger partial charge in [-0.15, -0.1) is 0 Å². The number of fused-ring (bicyclic) bond motifs is 3. The van der Waals surface area contributed by atoms with E-state index in [0.717, 1.165) is 40.6 Å². The van der Waals surface area contributed by atoms with Crippen molar-refractivity contribution in [3.8, 4) is 0 Å². The second-order valence-electron chi connectivity index (χ2n) is 6.83. The highest BCUT2D eigenvalue weighted by molar-refractivity contribution is 6.04. The first-order valence-electron chi connectivity index (χ1n) is 9.10. The fraction of sp³-hybridized carbons (Fsp3) is 0.400. The van der Waals surface area contributed by atoms with E-state index in [-0.39, 0.29) is 5.56 Å². The first-order chi connectivity index (χ1) is 12.2. The Bertz CT molecular complexity index is 1010. The minimum absolute atomic E-state index is 0.0341. The van der Waals surface area contributed by atoms with Crippen molar-refractivity contribution in [1.82, 2.24) is 20.1 Å². The molecule has 2 aromatic heterocycles. The first kappa shape index (κ1) is 16.1. The molecule has 0 bridgehead atoms. The summed E-state index contributed by atoms with van der Waals surface area (Å²) in [6.07, 6.45) is 8.01. The second kappa shape index (κ2) is 6.48. The van der Waals surface area contributed by atoms with Crippen molar-refractivity contribution in [1.29, 1.82) is 0 Å². The van der Waals surface area contributed by atoms with Gasteiger partial charge in [0.1, 0.15) is 5.52 Å². The van der Waals surface area contributed by atoms with Gasteiger partial charge >= 0.3 is 0 Å². The number of hydrogen-bond acceptors (Lipinski definition) is 3. The third kappa shape index (κ3) is 2.78. The molecule has 0 saturated carbocycles. The highest BCUT2D eigenvalue weighted by Gasteiger charge is 2.15. The van der Waals surface area contributed by atoms with Crippen LogP contribution >= 0.6 is 0 Å². The third-order valence-corrected chi connectivity index (χ3v) is 5.18. The van der Waals surface area contributed by atoms with Crippen LogP contribution in [0, 0.1) is 6.92 Å². The van der Waals surface area contributed by atoms with Gasteiger partial charge in [-0.25, -0.2) is 0 Å². The molecule has 0 amide bonds. The number of aromatic nitrogens is 3. The average Bonchev–Trinajstić information content (AvgIpc) is 3.26. The highest BCUT2D eigenvalue weighted by Crippen LogP contribution is 2.24. The topological polar surface area (TPSA) is 62.7 Å². The molecule has 1 saturated heterocycles. The van der Waals surface area contributed by atoms with Gasteiger partial charge in [-0.05, 0) is 57.4 Å². The maximum Gasteiger partial charge on any atom is 0.262 e. The van der Waals surface area contributed by atoms with Crippen LogP contribution in [0.3, 0.4) is 0 Å². The minimum Gasteiger partial charge on any atom is -0.314 e. The molecule has 130 valence electrons. The summed E-state index contributed by atoms with van der Waals surface area (Å²) >= 11 is 0. The number of aryl methyl sites for hydroxylation is 2. The summed E-state index contributed by atoms with van der Waals surface area (Å²) in [5.74, 6) is 0. The number of aromatic amines is 1. The number of benzene rings is 1. The zero-order valence-electron chi connectivity index (χ0n) is 14.8. The molecule has 5 nitrogen and oxygen atoms in total. The van der Waals surface area contributed by atoms with Crippen LogP contribution in [0.2, 0.25) is 0 Å². The summed E-state index contributed by atoms with van der Waals surface area (Å²) in [4.78, 5) is 12.7. The lowest BCUT2D eigenvalue weighted by Crippen LogP contribution is -2.20. The normalized spacial score (nSPS) is 18.1. The molecule has 1 aliphatic heterocycles. The van der Waals surface area contributed by atoms with Crippen molar-refractivity contribution < 1.29 is 0 Å². The van der Waals surface area contributed by atoms with Crippen LogP contribution in [0.15, 0.2) is 29.1 Å². The quantitative estimate of drug-likeness (QED) is 0.768. The molecule has 5 heteroatoms. The van der Waals surface area contributed by atoms with Crippen LogP contribution in [0.4, 0.5) is 0 Å². The SMILES string of the molecule is CCn1c(=O)c2c(C)[nH]nc2c2cc(C=CCC3CCCN3)ccc21. The molecule has 1 unspecified atom stereocenters. The summed E-state index contributed by atoms with van der Waals surface area (Å²) in [5, 5.41) is 12.6. The molecular weight excluding hydrogens is 312 g/mol. The molecule has 25 heavy (non-hydrogen) atoms. The average molecular weight is 336 g/mol. The molecule has 1 aromatic carbocycles. The smallest absolute Gasteiger partial charge is 0.262 e. The fourth-order valence-electron chi connectivity index (χ4n) is 3.85. The van der Waals surface area contributed by atoms with Crippen LogP contribution in [0.25, 0.3) is 27.9 Å². The van der Waals surface area contributed by atoms with Gasteiger partial charge in [0, 0.05) is 23.7 Å². The van der Waals surface area contributed by atoms with Crippen molar-refractivity contribution in [3.63, 3.8) is 0 Å². The molecule has 0 radical (unpaired) electrons. The van der Waals surface area contributed by atoms with E-state index in [1.54, 1.807) is 0 Å². The van der Waals surface area contributed by atoms with Gasteiger partial charge in [0.25, 0.3) is 5.56 Å². The fourth-order valence-corrected chi connectivity index (χ4v) is 3.85. The summed E-state index contributed by atoms with van der Waals surface area (Å²) in [6.45, 7) is 5.70. The zero-order chi connectivity index (χ0) is 17.4. The Morgan fingerprint density at radius 1 is 1.40 bits per heavy atom. The molecular formula is C20H24N4O. The van der Waals surface area contributed by atoms with E-state index in [1.807, 2.05) is 24.5 Å². The van der Waals surface area contributed by atoms with Gasteiger partial charge in [-0.1, -0.05) is 18.2 Å². The zero-order valence-corrected chi connectivity index (χ0v) is 14.8. The monoisotopic (exact) mass is 336 g/mol. The van der Waals surface area contributed by atoms with E-state index < -0.39 is 0 Å². The van der Waals surface area contributed by atoms with Crippen molar-refractivity contribution in [3.05, 3.63) is 45.9 Å². The lowest BCUT2D eigenvalue weighted by molar-refractivity contribution is 0.615. The van der Waals surface area contributed by atoms with Crippen LogP contribution in [-0.2, 0) is 6.54 Å². The van der Waals surface area contributed by atoms with Gasteiger partial charge in [0.05, 0.1) is 10.9 Å². The molecule has 0 aliphatic carbocycles. The van der Waals surface area contributed by atoms with Crippen LogP contribution in [0.1, 0.15) is 37.4 Å². The van der Waals surface area contributed by atoms with Gasteiger partial charge in [0.15, 0.2) is 0 Å². The van der Waals surface area contributed by atoms with E-state index in [9.17, 15) is 4.79 Å². The Morgan fingerprint density at radius 3 is 3.04 bits per heavy atom. The molecule has 2 N–H and O–H groups in total. The number of rotatable bonds is 4. The Hall–Kier alpha value is -2.40. The highest BCUT2D eigenvalue weighted by atomic mass is 16.1. The third-order valence-electron chi connectivity index (χ3n) is 5.18. The van der Waals surface area contributed by atoms with E-state index in [4.69, 9.17) is 0 Å². The summed E-state index contributed by atoms with van der Waals surface area (Å²) in [7, 11) is 0. The summed E-state index contributed by atoms with van der Waals surface area (Å²) in [5.41, 5.74) is 3.73. The van der Waals surface area contributed by atoms with Crippen LogP contribution in [-0.4, -0.2) is 27.4 Å². The minimum atomic E-state index is 0.0341. The first-order valence-corrected chi connectivity index (χ1v) is 9.10. The van der Waals surface area contributed by atoms with E-state index in [0.29, 0.717) is 18.0 Å². The summed E-state index contributed by atoms with van der Waals surface area (Å²) in [6, 6.07) is 6.87. The Labute approximate surface area is 146 Å². The van der Waals surface area contributed by atoms with Gasteiger partial charge in [-0.3, -0.25) is 9.89 Å². The van der Waals surface area contributed by atoms with Gasteiger partial charge in [-0.2, -0.15) is 5.10 Å². The van der Waals surface area contributed by atoms with E-state index in [2.05, 4.69) is 39.8 Å².